The summed E-state index contributed by atoms with van der Waals surface area (Å²) in [4.78, 5) is 50.8. The Balaban J connectivity index is 1.87. The van der Waals surface area contributed by atoms with Crippen molar-refractivity contribution in [2.45, 2.75) is 113 Å². The lowest BCUT2D eigenvalue weighted by Gasteiger charge is -2.44. The lowest BCUT2D eigenvalue weighted by Crippen LogP contribution is -2.55. The fourth-order valence-electron chi connectivity index (χ4n) is 5.09. The maximum Gasteiger partial charge on any atom is 0.305 e. The summed E-state index contributed by atoms with van der Waals surface area (Å²) in [5.74, 6) is -2.61. The summed E-state index contributed by atoms with van der Waals surface area (Å²) >= 11 is 1.42. The minimum absolute atomic E-state index is 0.115. The van der Waals surface area contributed by atoms with E-state index in [0.29, 0.717) is 32.5 Å². The third-order valence-electron chi connectivity index (χ3n) is 7.06. The minimum Gasteiger partial charge on any atom is -0.481 e. The zero-order chi connectivity index (χ0) is 25.8. The topological polar surface area (TPSA) is 141 Å². The average molecular weight is 514 g/mol. The third-order valence-corrected chi connectivity index (χ3v) is 8.78. The van der Waals surface area contributed by atoms with Gasteiger partial charge in [-0.2, -0.15) is 0 Å². The number of piperidine rings is 1. The van der Waals surface area contributed by atoms with Crippen molar-refractivity contribution in [1.82, 2.24) is 9.80 Å². The molecule has 2 aliphatic rings. The van der Waals surface area contributed by atoms with E-state index in [1.54, 1.807) is 4.90 Å². The van der Waals surface area contributed by atoms with Crippen molar-refractivity contribution >= 4 is 35.5 Å². The van der Waals surface area contributed by atoms with Crippen LogP contribution in [-0.4, -0.2) is 79.6 Å². The van der Waals surface area contributed by atoms with Gasteiger partial charge >= 0.3 is 11.9 Å². The molecule has 2 unspecified atom stereocenters. The number of hydrogen-bond donors (Lipinski definition) is 3. The first-order valence-electron chi connectivity index (χ1n) is 13.2. The number of amides is 2. The van der Waals surface area contributed by atoms with Crippen molar-refractivity contribution in [2.24, 2.45) is 5.73 Å². The number of likely N-dealkylation sites (tertiary alicyclic amines) is 1. The maximum atomic E-state index is 13.1. The van der Waals surface area contributed by atoms with E-state index in [2.05, 4.69) is 6.92 Å². The average Bonchev–Trinajstić information content (AvgIpc) is 3.04. The van der Waals surface area contributed by atoms with Gasteiger partial charge in [0.05, 0.1) is 29.0 Å². The summed E-state index contributed by atoms with van der Waals surface area (Å²) in [5, 5.41) is 17.6. The van der Waals surface area contributed by atoms with Gasteiger partial charge in [-0.15, -0.1) is 11.8 Å². The third kappa shape index (κ3) is 8.97. The van der Waals surface area contributed by atoms with Crippen LogP contribution in [0.3, 0.4) is 0 Å². The number of unbranched alkanes of at least 4 members (excludes halogenated alkanes) is 9. The van der Waals surface area contributed by atoms with Gasteiger partial charge in [0.1, 0.15) is 0 Å². The van der Waals surface area contributed by atoms with E-state index in [0.717, 1.165) is 19.3 Å². The Bertz CT molecular complexity index is 726. The molecule has 0 aromatic carbocycles. The zero-order valence-electron chi connectivity index (χ0n) is 21.1. The first-order valence-corrected chi connectivity index (χ1v) is 14.1. The van der Waals surface area contributed by atoms with E-state index >= 15 is 0 Å². The van der Waals surface area contributed by atoms with Crippen molar-refractivity contribution in [3.05, 3.63) is 0 Å². The van der Waals surface area contributed by atoms with E-state index in [1.165, 1.54) is 56.7 Å². The Kier molecular flexibility index (Phi) is 12.3. The highest BCUT2D eigenvalue weighted by Gasteiger charge is 2.53. The molecule has 2 rings (SSSR count). The number of thioether (sulfide) groups is 1. The van der Waals surface area contributed by atoms with Crippen LogP contribution in [0.2, 0.25) is 0 Å². The molecule has 4 N–H and O–H groups in total. The molecule has 2 saturated heterocycles. The van der Waals surface area contributed by atoms with Crippen molar-refractivity contribution in [3.8, 4) is 0 Å². The number of carboxylic acids is 2. The Labute approximate surface area is 213 Å². The molecule has 200 valence electrons. The van der Waals surface area contributed by atoms with E-state index in [-0.39, 0.29) is 18.2 Å². The number of hydrogen-bond acceptors (Lipinski definition) is 6. The summed E-state index contributed by atoms with van der Waals surface area (Å²) in [6.45, 7) is 3.57. The molecule has 2 fully saturated rings. The standard InChI is InChI=1S/C25H43N3O6S/c1-2-3-4-5-6-7-8-9-10-11-14-28-24(34)20(18-22(31)32)35-25(28)12-15-27(16-13-25)23(33)19(26)17-21(29)30/h19-20H,2-18,26H2,1H3,(H,29,30)(H,31,32). The van der Waals surface area contributed by atoms with Gasteiger partial charge < -0.3 is 25.7 Å². The van der Waals surface area contributed by atoms with E-state index < -0.39 is 34.5 Å². The Morgan fingerprint density at radius 3 is 2.03 bits per heavy atom. The van der Waals surface area contributed by atoms with Crippen LogP contribution in [0.25, 0.3) is 0 Å². The minimum atomic E-state index is -1.12. The second-order valence-electron chi connectivity index (χ2n) is 9.85. The SMILES string of the molecule is CCCCCCCCCCCCN1C(=O)C(CC(=O)O)SC12CCN(C(=O)C(N)CC(=O)O)CC2. The molecule has 0 aromatic heterocycles. The molecule has 0 aromatic rings. The van der Waals surface area contributed by atoms with Gasteiger partial charge in [0.2, 0.25) is 11.8 Å². The lowest BCUT2D eigenvalue weighted by molar-refractivity contribution is -0.143. The number of nitrogens with zero attached hydrogens (tertiary/aromatic N) is 2. The second-order valence-corrected chi connectivity index (χ2v) is 11.4. The van der Waals surface area contributed by atoms with Crippen LogP contribution < -0.4 is 5.73 Å². The van der Waals surface area contributed by atoms with Gasteiger partial charge in [0.15, 0.2) is 0 Å². The number of nitrogens with two attached hydrogens (primary N) is 1. The number of aliphatic carboxylic acids is 2. The molecule has 0 bridgehead atoms. The van der Waals surface area contributed by atoms with Crippen molar-refractivity contribution in [2.75, 3.05) is 19.6 Å². The first-order chi connectivity index (χ1) is 16.7. The largest absolute Gasteiger partial charge is 0.481 e. The highest BCUT2D eigenvalue weighted by molar-refractivity contribution is 8.02. The highest BCUT2D eigenvalue weighted by Crippen LogP contribution is 2.49. The quantitative estimate of drug-likeness (QED) is 0.267. The molecular formula is C25H43N3O6S. The molecule has 2 aliphatic heterocycles. The number of rotatable bonds is 16. The Hall–Kier alpha value is -1.81. The van der Waals surface area contributed by atoms with E-state index in [9.17, 15) is 24.3 Å². The fraction of sp³-hybridized carbons (Fsp3) is 0.840. The Morgan fingerprint density at radius 1 is 0.971 bits per heavy atom. The van der Waals surface area contributed by atoms with Crippen LogP contribution in [0.5, 0.6) is 0 Å². The summed E-state index contributed by atoms with van der Waals surface area (Å²) in [6, 6.07) is -1.08. The predicted octanol–water partition coefficient (Wildman–Crippen LogP) is 3.45. The van der Waals surface area contributed by atoms with Crippen LogP contribution >= 0.6 is 11.8 Å². The van der Waals surface area contributed by atoms with Crippen LogP contribution in [0.15, 0.2) is 0 Å². The van der Waals surface area contributed by atoms with Gasteiger partial charge in [-0.25, -0.2) is 0 Å². The van der Waals surface area contributed by atoms with Crippen LogP contribution in [0.1, 0.15) is 96.8 Å². The molecule has 0 saturated carbocycles. The number of carboxylic acid groups (broad SMARTS) is 2. The molecule has 10 heteroatoms. The molecule has 2 heterocycles. The van der Waals surface area contributed by atoms with Crippen molar-refractivity contribution in [1.29, 1.82) is 0 Å². The molecule has 9 nitrogen and oxygen atoms in total. The molecule has 35 heavy (non-hydrogen) atoms. The molecule has 0 aliphatic carbocycles. The van der Waals surface area contributed by atoms with Gasteiger partial charge in [-0.05, 0) is 19.3 Å². The van der Waals surface area contributed by atoms with Crippen molar-refractivity contribution in [3.63, 3.8) is 0 Å². The predicted molar refractivity (Wildman–Crippen MR) is 136 cm³/mol. The molecule has 2 amide bonds. The molecule has 0 radical (unpaired) electrons. The zero-order valence-corrected chi connectivity index (χ0v) is 21.9. The smallest absolute Gasteiger partial charge is 0.305 e. The number of carbonyl (C=O) groups is 4. The monoisotopic (exact) mass is 513 g/mol. The summed E-state index contributed by atoms with van der Waals surface area (Å²) < 4.78 is 0. The lowest BCUT2D eigenvalue weighted by atomic mass is 9.99. The molecular weight excluding hydrogens is 470 g/mol. The number of carbonyl (C=O) groups excluding carboxylic acids is 2. The van der Waals surface area contributed by atoms with Gasteiger partial charge in [0.25, 0.3) is 0 Å². The normalized spacial score (nSPS) is 20.4. The maximum absolute atomic E-state index is 13.1. The first kappa shape index (κ1) is 29.4. The highest BCUT2D eigenvalue weighted by atomic mass is 32.2. The van der Waals surface area contributed by atoms with Crippen LogP contribution in [0.4, 0.5) is 0 Å². The van der Waals surface area contributed by atoms with Crippen LogP contribution in [-0.2, 0) is 19.2 Å². The Morgan fingerprint density at radius 2 is 1.51 bits per heavy atom. The van der Waals surface area contributed by atoms with Gasteiger partial charge in [-0.1, -0.05) is 64.7 Å². The van der Waals surface area contributed by atoms with Gasteiger partial charge in [0, 0.05) is 19.6 Å². The van der Waals surface area contributed by atoms with Crippen molar-refractivity contribution < 1.29 is 29.4 Å². The molecule has 1 spiro atoms. The summed E-state index contributed by atoms with van der Waals surface area (Å²) in [7, 11) is 0. The summed E-state index contributed by atoms with van der Waals surface area (Å²) in [5.41, 5.74) is 5.76. The molecule has 2 atom stereocenters. The van der Waals surface area contributed by atoms with Gasteiger partial charge in [-0.3, -0.25) is 19.2 Å². The second kappa shape index (κ2) is 14.7. The summed E-state index contributed by atoms with van der Waals surface area (Å²) in [6.07, 6.45) is 12.4. The van der Waals surface area contributed by atoms with E-state index in [4.69, 9.17) is 10.8 Å². The van der Waals surface area contributed by atoms with E-state index in [1.807, 2.05) is 4.90 Å². The van der Waals surface area contributed by atoms with Crippen LogP contribution in [0, 0.1) is 0 Å². The fourth-order valence-corrected chi connectivity index (χ4v) is 6.80.